The molecule has 0 aliphatic rings. The van der Waals surface area contributed by atoms with Crippen LogP contribution in [0.1, 0.15) is 0 Å². The van der Waals surface area contributed by atoms with Crippen molar-refractivity contribution in [1.29, 1.82) is 0 Å². The van der Waals surface area contributed by atoms with Crippen molar-refractivity contribution in [2.45, 2.75) is 4.90 Å². The van der Waals surface area contributed by atoms with Crippen molar-refractivity contribution >= 4 is 29.8 Å². The summed E-state index contributed by atoms with van der Waals surface area (Å²) in [5.74, 6) is 0. The van der Waals surface area contributed by atoms with Gasteiger partial charge in [0.25, 0.3) is 19.0 Å². The summed E-state index contributed by atoms with van der Waals surface area (Å²) in [6.07, 6.45) is 0. The Kier molecular flexibility index (Phi) is 2.79. The zero-order chi connectivity index (χ0) is 11.8. The average Bonchev–Trinajstić information content (AvgIpc) is 2.28. The van der Waals surface area contributed by atoms with E-state index in [4.69, 9.17) is 4.55 Å². The first-order chi connectivity index (χ1) is 7.53. The molecule has 0 aliphatic carbocycles. The van der Waals surface area contributed by atoms with Gasteiger partial charge in [-0.15, -0.1) is 0 Å². The molecule has 0 aromatic heterocycles. The van der Waals surface area contributed by atoms with Crippen molar-refractivity contribution in [1.82, 2.24) is 0 Å². The Morgan fingerprint density at radius 2 is 1.62 bits per heavy atom. The van der Waals surface area contributed by atoms with Gasteiger partial charge < -0.3 is 0 Å². The van der Waals surface area contributed by atoms with Gasteiger partial charge in [-0.25, -0.2) is 12.6 Å². The third kappa shape index (κ3) is 1.75. The molecule has 0 amide bonds. The van der Waals surface area contributed by atoms with Crippen LogP contribution < -0.4 is 0 Å². The van der Waals surface area contributed by atoms with Crippen LogP contribution in [0.2, 0.25) is 0 Å². The van der Waals surface area contributed by atoms with Gasteiger partial charge in [0.1, 0.15) is 0 Å². The molecule has 1 N–H and O–H groups in total. The third-order valence-corrected chi connectivity index (χ3v) is 5.14. The molecule has 0 heterocycles. The van der Waals surface area contributed by atoms with Crippen molar-refractivity contribution in [3.63, 3.8) is 0 Å². The Morgan fingerprint density at radius 1 is 1.00 bits per heavy atom. The van der Waals surface area contributed by atoms with Gasteiger partial charge in [0, 0.05) is 5.39 Å². The predicted molar refractivity (Wildman–Crippen MR) is 61.9 cm³/mol. The summed E-state index contributed by atoms with van der Waals surface area (Å²) in [4.78, 5) is -0.119. The second-order valence-corrected chi connectivity index (χ2v) is 7.10. The van der Waals surface area contributed by atoms with E-state index in [-0.39, 0.29) is 4.90 Å². The molecule has 0 saturated heterocycles. The Hall–Kier alpha value is -1.24. The lowest BCUT2D eigenvalue weighted by atomic mass is 10.1. The molecule has 2 aromatic carbocycles. The maximum atomic E-state index is 11.6. The Bertz CT molecular complexity index is 656. The highest BCUT2D eigenvalue weighted by Gasteiger charge is 2.23. The molecule has 16 heavy (non-hydrogen) atoms. The maximum absolute atomic E-state index is 11.6. The van der Waals surface area contributed by atoms with E-state index in [1.807, 2.05) is 0 Å². The molecule has 84 valence electrons. The van der Waals surface area contributed by atoms with Crippen molar-refractivity contribution in [3.8, 4) is 0 Å². The SMILES string of the molecule is O=S(O)S(=O)(=O)c1cccc2ccccc12. The monoisotopic (exact) mass is 256 g/mol. The van der Waals surface area contributed by atoms with Crippen molar-refractivity contribution in [2.24, 2.45) is 0 Å². The topological polar surface area (TPSA) is 71.4 Å². The minimum Gasteiger partial charge on any atom is -0.294 e. The van der Waals surface area contributed by atoms with Gasteiger partial charge in [-0.05, 0) is 11.5 Å². The van der Waals surface area contributed by atoms with E-state index in [1.54, 1.807) is 36.4 Å². The molecule has 2 aromatic rings. The first kappa shape index (κ1) is 11.3. The summed E-state index contributed by atoms with van der Waals surface area (Å²) in [5.41, 5.74) is 0. The van der Waals surface area contributed by atoms with E-state index < -0.39 is 19.0 Å². The van der Waals surface area contributed by atoms with Crippen LogP contribution in [0.15, 0.2) is 47.4 Å². The summed E-state index contributed by atoms with van der Waals surface area (Å²) >= 11 is 0. The summed E-state index contributed by atoms with van der Waals surface area (Å²) in [6.45, 7) is 0. The van der Waals surface area contributed by atoms with Crippen LogP contribution in [-0.4, -0.2) is 17.2 Å². The van der Waals surface area contributed by atoms with E-state index in [0.29, 0.717) is 10.8 Å². The highest BCUT2D eigenvalue weighted by atomic mass is 33.2. The smallest absolute Gasteiger partial charge is 0.283 e. The molecule has 1 atom stereocenters. The molecule has 1 unspecified atom stereocenters. The zero-order valence-electron chi connectivity index (χ0n) is 8.03. The molecule has 0 bridgehead atoms. The summed E-state index contributed by atoms with van der Waals surface area (Å²) in [7, 11) is -7.09. The van der Waals surface area contributed by atoms with Gasteiger partial charge in [-0.2, -0.15) is 0 Å². The molecule has 0 radical (unpaired) electrons. The van der Waals surface area contributed by atoms with E-state index in [1.165, 1.54) is 6.07 Å². The van der Waals surface area contributed by atoms with Crippen LogP contribution in [0.4, 0.5) is 0 Å². The van der Waals surface area contributed by atoms with Gasteiger partial charge in [-0.3, -0.25) is 4.55 Å². The number of fused-ring (bicyclic) bond motifs is 1. The van der Waals surface area contributed by atoms with Crippen LogP contribution >= 0.6 is 0 Å². The molecule has 0 fully saturated rings. The average molecular weight is 256 g/mol. The fourth-order valence-electron chi connectivity index (χ4n) is 1.49. The lowest BCUT2D eigenvalue weighted by molar-refractivity contribution is 0.562. The van der Waals surface area contributed by atoms with Crippen LogP contribution in [0.5, 0.6) is 0 Å². The molecule has 6 heteroatoms. The third-order valence-electron chi connectivity index (χ3n) is 2.21. The summed E-state index contributed by atoms with van der Waals surface area (Å²) in [6, 6.07) is 11.4. The standard InChI is InChI=1S/C10H8O4S2/c11-15(12)16(13,14)10-7-3-5-8-4-1-2-6-9(8)10/h1-7H,(H,11,12). The first-order valence-electron chi connectivity index (χ1n) is 4.37. The fraction of sp³-hybridized carbons (Fsp3) is 0. The minimum atomic E-state index is -4.18. The Labute approximate surface area is 94.5 Å². The Balaban J connectivity index is 2.86. The van der Waals surface area contributed by atoms with Crippen molar-refractivity contribution in [2.75, 3.05) is 0 Å². The number of hydrogen-bond donors (Lipinski definition) is 1. The zero-order valence-corrected chi connectivity index (χ0v) is 9.66. The lowest BCUT2D eigenvalue weighted by Gasteiger charge is -2.04. The second kappa shape index (κ2) is 3.97. The number of benzene rings is 2. The van der Waals surface area contributed by atoms with E-state index in [0.717, 1.165) is 0 Å². The summed E-state index contributed by atoms with van der Waals surface area (Å²) < 4.78 is 42.8. The highest BCUT2D eigenvalue weighted by molar-refractivity contribution is 8.62. The molecular formula is C10H8O4S2. The second-order valence-electron chi connectivity index (χ2n) is 3.15. The summed E-state index contributed by atoms with van der Waals surface area (Å²) in [5, 5.41) is 1.17. The van der Waals surface area contributed by atoms with Crippen LogP contribution in [0.25, 0.3) is 10.8 Å². The number of hydrogen-bond acceptors (Lipinski definition) is 3. The van der Waals surface area contributed by atoms with E-state index in [9.17, 15) is 12.6 Å². The van der Waals surface area contributed by atoms with Gasteiger partial charge in [0.15, 0.2) is 0 Å². The highest BCUT2D eigenvalue weighted by Crippen LogP contribution is 2.24. The largest absolute Gasteiger partial charge is 0.294 e. The molecule has 0 saturated carbocycles. The molecule has 0 aliphatic heterocycles. The van der Waals surface area contributed by atoms with Gasteiger partial charge in [0.2, 0.25) is 0 Å². The fourth-order valence-corrected chi connectivity index (χ4v) is 3.24. The van der Waals surface area contributed by atoms with E-state index >= 15 is 0 Å². The normalized spacial score (nSPS) is 13.8. The molecule has 4 nitrogen and oxygen atoms in total. The van der Waals surface area contributed by atoms with Crippen LogP contribution in [0.3, 0.4) is 0 Å². The quantitative estimate of drug-likeness (QED) is 0.656. The predicted octanol–water partition coefficient (Wildman–Crippen LogP) is 1.75. The van der Waals surface area contributed by atoms with Gasteiger partial charge >= 0.3 is 0 Å². The Morgan fingerprint density at radius 3 is 2.31 bits per heavy atom. The van der Waals surface area contributed by atoms with Crippen molar-refractivity contribution in [3.05, 3.63) is 42.5 Å². The first-order valence-corrected chi connectivity index (χ1v) is 7.48. The van der Waals surface area contributed by atoms with Gasteiger partial charge in [-0.1, -0.05) is 36.4 Å². The van der Waals surface area contributed by atoms with E-state index in [2.05, 4.69) is 0 Å². The van der Waals surface area contributed by atoms with Crippen LogP contribution in [-0.2, 0) is 19.0 Å². The van der Waals surface area contributed by atoms with Crippen molar-refractivity contribution < 1.29 is 17.2 Å². The van der Waals surface area contributed by atoms with Crippen LogP contribution in [0, 0.1) is 0 Å². The lowest BCUT2D eigenvalue weighted by Crippen LogP contribution is -2.07. The minimum absolute atomic E-state index is 0.119. The maximum Gasteiger partial charge on any atom is 0.283 e. The molecule has 0 spiro atoms. The molecule has 2 rings (SSSR count). The van der Waals surface area contributed by atoms with Gasteiger partial charge in [0.05, 0.1) is 4.90 Å². The molecular weight excluding hydrogens is 248 g/mol. The number of rotatable bonds is 2.